The van der Waals surface area contributed by atoms with Gasteiger partial charge in [0.25, 0.3) is 0 Å². The fraction of sp³-hybridized carbons (Fsp3) is 0.500. The highest BCUT2D eigenvalue weighted by atomic mass is 35.5. The van der Waals surface area contributed by atoms with Crippen molar-refractivity contribution < 1.29 is 5.11 Å². The molecular formula is C12H18ClNO. The van der Waals surface area contributed by atoms with Gasteiger partial charge in [0.2, 0.25) is 0 Å². The molecule has 0 aliphatic carbocycles. The van der Waals surface area contributed by atoms with Crippen LogP contribution in [0.15, 0.2) is 18.2 Å². The molecular weight excluding hydrogens is 210 g/mol. The van der Waals surface area contributed by atoms with Crippen LogP contribution in [0.4, 0.5) is 0 Å². The fourth-order valence-corrected chi connectivity index (χ4v) is 2.05. The van der Waals surface area contributed by atoms with Crippen molar-refractivity contribution in [3.63, 3.8) is 0 Å². The highest BCUT2D eigenvalue weighted by Crippen LogP contribution is 2.20. The quantitative estimate of drug-likeness (QED) is 0.735. The van der Waals surface area contributed by atoms with Gasteiger partial charge < -0.3 is 10.0 Å². The van der Waals surface area contributed by atoms with E-state index in [4.69, 9.17) is 0 Å². The number of aromatic hydroxyl groups is 1. The monoisotopic (exact) mass is 227 g/mol. The molecule has 1 aliphatic heterocycles. The van der Waals surface area contributed by atoms with Crippen LogP contribution in [0, 0.1) is 0 Å². The first-order chi connectivity index (χ1) is 6.75. The zero-order chi connectivity index (χ0) is 9.97. The number of phenolic OH excluding ortho intramolecular Hbond substituents is 1. The second kappa shape index (κ2) is 5.38. The molecule has 2 nitrogen and oxygen atoms in total. The first-order valence-corrected chi connectivity index (χ1v) is 5.25. The molecule has 84 valence electrons. The highest BCUT2D eigenvalue weighted by Gasteiger charge is 2.09. The maximum atomic E-state index is 9.39. The van der Waals surface area contributed by atoms with Crippen molar-refractivity contribution in [2.45, 2.75) is 19.3 Å². The molecule has 1 aliphatic rings. The summed E-state index contributed by atoms with van der Waals surface area (Å²) < 4.78 is 0. The fourth-order valence-electron chi connectivity index (χ4n) is 2.05. The van der Waals surface area contributed by atoms with Crippen molar-refractivity contribution in [1.82, 2.24) is 4.90 Å². The summed E-state index contributed by atoms with van der Waals surface area (Å²) in [7, 11) is 2.17. The van der Waals surface area contributed by atoms with Crippen molar-refractivity contribution in [3.8, 4) is 5.75 Å². The molecule has 0 saturated heterocycles. The van der Waals surface area contributed by atoms with Crippen LogP contribution in [0.2, 0.25) is 0 Å². The minimum atomic E-state index is 0. The summed E-state index contributed by atoms with van der Waals surface area (Å²) >= 11 is 0. The molecule has 0 saturated carbocycles. The van der Waals surface area contributed by atoms with E-state index in [0.717, 1.165) is 25.9 Å². The van der Waals surface area contributed by atoms with Crippen molar-refractivity contribution in [2.24, 2.45) is 0 Å². The number of rotatable bonds is 0. The Kier molecular flexibility index (Phi) is 4.43. The van der Waals surface area contributed by atoms with Gasteiger partial charge in [-0.1, -0.05) is 6.07 Å². The molecule has 0 radical (unpaired) electrons. The van der Waals surface area contributed by atoms with E-state index in [2.05, 4.69) is 18.0 Å². The van der Waals surface area contributed by atoms with E-state index in [1.807, 2.05) is 6.07 Å². The molecule has 0 fully saturated rings. The van der Waals surface area contributed by atoms with E-state index >= 15 is 0 Å². The van der Waals surface area contributed by atoms with Gasteiger partial charge in [-0.15, -0.1) is 12.4 Å². The Bertz CT molecular complexity index is 327. The summed E-state index contributed by atoms with van der Waals surface area (Å²) in [4.78, 5) is 2.37. The predicted octanol–water partition coefficient (Wildman–Crippen LogP) is 2.23. The number of halogens is 1. The van der Waals surface area contributed by atoms with Crippen LogP contribution in [-0.2, 0) is 12.8 Å². The van der Waals surface area contributed by atoms with Gasteiger partial charge in [-0.25, -0.2) is 0 Å². The summed E-state index contributed by atoms with van der Waals surface area (Å²) in [5, 5.41) is 9.39. The average Bonchev–Trinajstić information content (AvgIpc) is 2.13. The molecule has 15 heavy (non-hydrogen) atoms. The predicted molar refractivity (Wildman–Crippen MR) is 64.9 cm³/mol. The standard InChI is InChI=1S/C12H17NO.ClH/c1-13-7-2-3-11-9-12(14)5-4-10(11)6-8-13;/h4-5,9,14H,2-3,6-8H2,1H3;1H. The van der Waals surface area contributed by atoms with Crippen LogP contribution < -0.4 is 0 Å². The molecule has 2 rings (SSSR count). The number of hydrogen-bond donors (Lipinski definition) is 1. The number of aryl methyl sites for hydroxylation is 1. The maximum absolute atomic E-state index is 9.39. The Balaban J connectivity index is 0.00000112. The zero-order valence-electron chi connectivity index (χ0n) is 9.07. The molecule has 0 spiro atoms. The normalized spacial score (nSPS) is 17.1. The first-order valence-electron chi connectivity index (χ1n) is 5.25. The van der Waals surface area contributed by atoms with Crippen LogP contribution in [0.1, 0.15) is 17.5 Å². The second-order valence-electron chi connectivity index (χ2n) is 4.11. The minimum absolute atomic E-state index is 0. The van der Waals surface area contributed by atoms with Crippen LogP contribution in [0.3, 0.4) is 0 Å². The van der Waals surface area contributed by atoms with Crippen LogP contribution in [0.25, 0.3) is 0 Å². The topological polar surface area (TPSA) is 23.5 Å². The lowest BCUT2D eigenvalue weighted by atomic mass is 9.98. The molecule has 0 unspecified atom stereocenters. The van der Waals surface area contributed by atoms with E-state index in [1.165, 1.54) is 17.5 Å². The average molecular weight is 228 g/mol. The van der Waals surface area contributed by atoms with E-state index in [9.17, 15) is 5.11 Å². The van der Waals surface area contributed by atoms with E-state index in [-0.39, 0.29) is 12.4 Å². The number of phenols is 1. The van der Waals surface area contributed by atoms with E-state index < -0.39 is 0 Å². The van der Waals surface area contributed by atoms with Gasteiger partial charge in [-0.2, -0.15) is 0 Å². The van der Waals surface area contributed by atoms with Crippen molar-refractivity contribution in [2.75, 3.05) is 20.1 Å². The summed E-state index contributed by atoms with van der Waals surface area (Å²) in [6, 6.07) is 5.77. The Morgan fingerprint density at radius 2 is 1.93 bits per heavy atom. The smallest absolute Gasteiger partial charge is 0.115 e. The lowest BCUT2D eigenvalue weighted by molar-refractivity contribution is 0.327. The molecule has 0 atom stereocenters. The number of hydrogen-bond acceptors (Lipinski definition) is 2. The van der Waals surface area contributed by atoms with Crippen molar-refractivity contribution in [3.05, 3.63) is 29.3 Å². The number of likely N-dealkylation sites (N-methyl/N-ethyl adjacent to an activating group) is 1. The molecule has 1 N–H and O–H groups in total. The van der Waals surface area contributed by atoms with Crippen LogP contribution >= 0.6 is 12.4 Å². The van der Waals surface area contributed by atoms with Gasteiger partial charge in [0.05, 0.1) is 0 Å². The lowest BCUT2D eigenvalue weighted by Gasteiger charge is -2.21. The summed E-state index contributed by atoms with van der Waals surface area (Å²) in [6.45, 7) is 2.28. The minimum Gasteiger partial charge on any atom is -0.508 e. The number of nitrogens with zero attached hydrogens (tertiary/aromatic N) is 1. The van der Waals surface area contributed by atoms with Gasteiger partial charge in [0.15, 0.2) is 0 Å². The van der Waals surface area contributed by atoms with Crippen molar-refractivity contribution >= 4 is 12.4 Å². The second-order valence-corrected chi connectivity index (χ2v) is 4.11. The zero-order valence-corrected chi connectivity index (χ0v) is 9.89. The van der Waals surface area contributed by atoms with Gasteiger partial charge in [-0.05, 0) is 56.1 Å². The molecule has 1 aromatic rings. The number of benzene rings is 1. The summed E-state index contributed by atoms with van der Waals surface area (Å²) in [5.74, 6) is 0.401. The molecule has 0 aromatic heterocycles. The largest absolute Gasteiger partial charge is 0.508 e. The third-order valence-electron chi connectivity index (χ3n) is 2.94. The van der Waals surface area contributed by atoms with E-state index in [0.29, 0.717) is 5.75 Å². The molecule has 3 heteroatoms. The Hall–Kier alpha value is -0.730. The van der Waals surface area contributed by atoms with Gasteiger partial charge in [-0.3, -0.25) is 0 Å². The summed E-state index contributed by atoms with van der Waals surface area (Å²) in [6.07, 6.45) is 3.38. The Labute approximate surface area is 97.3 Å². The SMILES string of the molecule is CN1CCCc2cc(O)ccc2CC1.Cl. The lowest BCUT2D eigenvalue weighted by Crippen LogP contribution is -2.25. The third kappa shape index (κ3) is 3.11. The first kappa shape index (κ1) is 12.3. The molecule has 1 aromatic carbocycles. The molecule has 0 bridgehead atoms. The summed E-state index contributed by atoms with van der Waals surface area (Å²) in [5.41, 5.74) is 2.73. The van der Waals surface area contributed by atoms with Crippen LogP contribution in [-0.4, -0.2) is 30.1 Å². The highest BCUT2D eigenvalue weighted by molar-refractivity contribution is 5.85. The van der Waals surface area contributed by atoms with Gasteiger partial charge >= 0.3 is 0 Å². The van der Waals surface area contributed by atoms with Crippen LogP contribution in [0.5, 0.6) is 5.75 Å². The maximum Gasteiger partial charge on any atom is 0.115 e. The molecule has 1 heterocycles. The molecule has 0 amide bonds. The number of fused-ring (bicyclic) bond motifs is 1. The third-order valence-corrected chi connectivity index (χ3v) is 2.94. The van der Waals surface area contributed by atoms with E-state index in [1.54, 1.807) is 6.07 Å². The van der Waals surface area contributed by atoms with Crippen molar-refractivity contribution in [1.29, 1.82) is 0 Å². The Morgan fingerprint density at radius 1 is 1.13 bits per heavy atom. The van der Waals surface area contributed by atoms with Gasteiger partial charge in [0, 0.05) is 6.54 Å². The van der Waals surface area contributed by atoms with Gasteiger partial charge in [0.1, 0.15) is 5.75 Å². The Morgan fingerprint density at radius 3 is 2.73 bits per heavy atom.